The molecule has 5 nitrogen and oxygen atoms in total. The summed E-state index contributed by atoms with van der Waals surface area (Å²) in [4.78, 5) is 31.1. The van der Waals surface area contributed by atoms with Gasteiger partial charge < -0.3 is 14.7 Å². The first-order valence-electron chi connectivity index (χ1n) is 9.18. The van der Waals surface area contributed by atoms with Crippen molar-refractivity contribution >= 4 is 23.2 Å². The molecule has 2 aliphatic heterocycles. The van der Waals surface area contributed by atoms with Crippen molar-refractivity contribution in [3.8, 4) is 0 Å². The highest BCUT2D eigenvalue weighted by Gasteiger charge is 2.28. The van der Waals surface area contributed by atoms with Gasteiger partial charge in [0, 0.05) is 44.1 Å². The Kier molecular flexibility index (Phi) is 4.61. The molecule has 2 heterocycles. The lowest BCUT2D eigenvalue weighted by Gasteiger charge is -2.36. The van der Waals surface area contributed by atoms with Gasteiger partial charge in [-0.1, -0.05) is 36.4 Å². The Morgan fingerprint density at radius 1 is 0.769 bits per heavy atom. The lowest BCUT2D eigenvalue weighted by atomic mass is 10.2. The van der Waals surface area contributed by atoms with E-state index in [0.29, 0.717) is 19.6 Å². The van der Waals surface area contributed by atoms with Crippen LogP contribution in [0.2, 0.25) is 0 Å². The van der Waals surface area contributed by atoms with Crippen molar-refractivity contribution in [2.24, 2.45) is 0 Å². The SMILES string of the molecule is O=C(CC(=O)N1CCc2ccccc21)N1CCN(c2ccccc2)CC1. The van der Waals surface area contributed by atoms with Gasteiger partial charge >= 0.3 is 0 Å². The Morgan fingerprint density at radius 2 is 1.46 bits per heavy atom. The Balaban J connectivity index is 1.33. The van der Waals surface area contributed by atoms with E-state index in [4.69, 9.17) is 0 Å². The highest BCUT2D eigenvalue weighted by atomic mass is 16.2. The average molecular weight is 349 g/mol. The number of benzene rings is 2. The maximum Gasteiger partial charge on any atom is 0.236 e. The highest BCUT2D eigenvalue weighted by molar-refractivity contribution is 6.06. The normalized spacial score (nSPS) is 16.5. The van der Waals surface area contributed by atoms with Gasteiger partial charge in [0.15, 0.2) is 0 Å². The fourth-order valence-corrected chi connectivity index (χ4v) is 3.79. The van der Waals surface area contributed by atoms with Gasteiger partial charge in [-0.05, 0) is 30.2 Å². The first-order valence-corrected chi connectivity index (χ1v) is 9.18. The zero-order chi connectivity index (χ0) is 17.9. The van der Waals surface area contributed by atoms with Gasteiger partial charge in [-0.3, -0.25) is 9.59 Å². The van der Waals surface area contributed by atoms with E-state index in [1.165, 1.54) is 11.3 Å². The molecule has 2 aromatic carbocycles. The van der Waals surface area contributed by atoms with Crippen LogP contribution < -0.4 is 9.80 Å². The van der Waals surface area contributed by atoms with Gasteiger partial charge in [-0.15, -0.1) is 0 Å². The zero-order valence-corrected chi connectivity index (χ0v) is 14.8. The number of hydrogen-bond donors (Lipinski definition) is 0. The lowest BCUT2D eigenvalue weighted by Crippen LogP contribution is -2.49. The van der Waals surface area contributed by atoms with Crippen LogP contribution in [-0.2, 0) is 16.0 Å². The van der Waals surface area contributed by atoms with Crippen LogP contribution in [0.25, 0.3) is 0 Å². The number of para-hydroxylation sites is 2. The molecule has 0 radical (unpaired) electrons. The second-order valence-electron chi connectivity index (χ2n) is 6.80. The molecule has 26 heavy (non-hydrogen) atoms. The van der Waals surface area contributed by atoms with E-state index < -0.39 is 0 Å². The van der Waals surface area contributed by atoms with E-state index in [0.717, 1.165) is 25.2 Å². The predicted molar refractivity (Wildman–Crippen MR) is 102 cm³/mol. The molecule has 2 aromatic rings. The van der Waals surface area contributed by atoms with Crippen molar-refractivity contribution in [2.45, 2.75) is 12.8 Å². The van der Waals surface area contributed by atoms with Gasteiger partial charge in [-0.25, -0.2) is 0 Å². The van der Waals surface area contributed by atoms with Crippen LogP contribution in [0.5, 0.6) is 0 Å². The summed E-state index contributed by atoms with van der Waals surface area (Å²) in [6, 6.07) is 18.2. The Hall–Kier alpha value is -2.82. The topological polar surface area (TPSA) is 43.9 Å². The number of nitrogens with zero attached hydrogens (tertiary/aromatic N) is 3. The summed E-state index contributed by atoms with van der Waals surface area (Å²) < 4.78 is 0. The average Bonchev–Trinajstić information content (AvgIpc) is 3.13. The molecule has 2 aliphatic rings. The third-order valence-corrected chi connectivity index (χ3v) is 5.24. The number of carbonyl (C=O) groups excluding carboxylic acids is 2. The fourth-order valence-electron chi connectivity index (χ4n) is 3.79. The zero-order valence-electron chi connectivity index (χ0n) is 14.8. The maximum atomic E-state index is 12.6. The molecule has 0 aromatic heterocycles. The number of piperazine rings is 1. The van der Waals surface area contributed by atoms with Crippen molar-refractivity contribution in [1.29, 1.82) is 0 Å². The molecule has 134 valence electrons. The molecule has 0 atom stereocenters. The van der Waals surface area contributed by atoms with Gasteiger partial charge in [-0.2, -0.15) is 0 Å². The summed E-state index contributed by atoms with van der Waals surface area (Å²) in [7, 11) is 0. The number of hydrogen-bond acceptors (Lipinski definition) is 3. The quantitative estimate of drug-likeness (QED) is 0.799. The second kappa shape index (κ2) is 7.20. The highest BCUT2D eigenvalue weighted by Crippen LogP contribution is 2.28. The van der Waals surface area contributed by atoms with E-state index in [2.05, 4.69) is 17.0 Å². The van der Waals surface area contributed by atoms with Crippen molar-refractivity contribution in [3.63, 3.8) is 0 Å². The minimum Gasteiger partial charge on any atom is -0.368 e. The standard InChI is InChI=1S/C21H23N3O2/c25-20(16-21(26)24-11-10-17-6-4-5-9-19(17)24)23-14-12-22(13-15-23)18-7-2-1-3-8-18/h1-9H,10-16H2. The van der Waals surface area contributed by atoms with E-state index >= 15 is 0 Å². The van der Waals surface area contributed by atoms with Crippen LogP contribution in [0.3, 0.4) is 0 Å². The number of fused-ring (bicyclic) bond motifs is 1. The van der Waals surface area contributed by atoms with Crippen LogP contribution in [0.15, 0.2) is 54.6 Å². The molecule has 0 aliphatic carbocycles. The first-order chi connectivity index (χ1) is 12.7. The largest absolute Gasteiger partial charge is 0.368 e. The maximum absolute atomic E-state index is 12.6. The van der Waals surface area contributed by atoms with Crippen LogP contribution in [0.4, 0.5) is 11.4 Å². The Morgan fingerprint density at radius 3 is 2.23 bits per heavy atom. The molecule has 4 rings (SSSR count). The molecule has 2 amide bonds. The molecule has 1 saturated heterocycles. The number of carbonyl (C=O) groups is 2. The van der Waals surface area contributed by atoms with E-state index in [9.17, 15) is 9.59 Å². The second-order valence-corrected chi connectivity index (χ2v) is 6.80. The summed E-state index contributed by atoms with van der Waals surface area (Å²) in [6.07, 6.45) is 0.825. The van der Waals surface area contributed by atoms with Gasteiger partial charge in [0.1, 0.15) is 6.42 Å². The first kappa shape index (κ1) is 16.6. The van der Waals surface area contributed by atoms with Crippen molar-refractivity contribution < 1.29 is 9.59 Å². The molecule has 0 saturated carbocycles. The van der Waals surface area contributed by atoms with Gasteiger partial charge in [0.05, 0.1) is 0 Å². The van der Waals surface area contributed by atoms with Crippen LogP contribution in [0.1, 0.15) is 12.0 Å². The monoisotopic (exact) mass is 349 g/mol. The molecule has 0 unspecified atom stereocenters. The summed E-state index contributed by atoms with van der Waals surface area (Å²) in [5.41, 5.74) is 3.33. The van der Waals surface area contributed by atoms with E-state index in [1.54, 1.807) is 4.90 Å². The van der Waals surface area contributed by atoms with Crippen LogP contribution in [-0.4, -0.2) is 49.4 Å². The fraction of sp³-hybridized carbons (Fsp3) is 0.333. The molecule has 1 fully saturated rings. The van der Waals surface area contributed by atoms with E-state index in [-0.39, 0.29) is 18.2 Å². The summed E-state index contributed by atoms with van der Waals surface area (Å²) >= 11 is 0. The molecular weight excluding hydrogens is 326 g/mol. The molecular formula is C21H23N3O2. The third kappa shape index (κ3) is 3.29. The van der Waals surface area contributed by atoms with Crippen LogP contribution in [0, 0.1) is 0 Å². The van der Waals surface area contributed by atoms with Crippen molar-refractivity contribution in [1.82, 2.24) is 4.90 Å². The Labute approximate surface area is 153 Å². The van der Waals surface area contributed by atoms with Crippen molar-refractivity contribution in [3.05, 3.63) is 60.2 Å². The molecule has 5 heteroatoms. The number of rotatable bonds is 3. The summed E-state index contributed by atoms with van der Waals surface area (Å²) in [6.45, 7) is 3.61. The smallest absolute Gasteiger partial charge is 0.236 e. The molecule has 0 N–H and O–H groups in total. The molecule has 0 spiro atoms. The van der Waals surface area contributed by atoms with Crippen LogP contribution >= 0.6 is 0 Å². The molecule has 0 bridgehead atoms. The lowest BCUT2D eigenvalue weighted by molar-refractivity contribution is -0.135. The minimum atomic E-state index is -0.0922. The number of anilines is 2. The number of amides is 2. The minimum absolute atomic E-state index is 0.0420. The summed E-state index contributed by atoms with van der Waals surface area (Å²) in [5, 5.41) is 0. The Bertz CT molecular complexity index is 798. The van der Waals surface area contributed by atoms with Gasteiger partial charge in [0.2, 0.25) is 11.8 Å². The summed E-state index contributed by atoms with van der Waals surface area (Å²) in [5.74, 6) is -0.155. The third-order valence-electron chi connectivity index (χ3n) is 5.24. The van der Waals surface area contributed by atoms with E-state index in [1.807, 2.05) is 47.4 Å². The van der Waals surface area contributed by atoms with Gasteiger partial charge in [0.25, 0.3) is 0 Å². The predicted octanol–water partition coefficient (Wildman–Crippen LogP) is 2.31. The van der Waals surface area contributed by atoms with Crippen molar-refractivity contribution in [2.75, 3.05) is 42.5 Å².